The molecule has 1 aliphatic carbocycles. The summed E-state index contributed by atoms with van der Waals surface area (Å²) in [5, 5.41) is 2.46. The molecule has 4 unspecified atom stereocenters. The SMILES string of the molecule is CNC1CC(C)CC(C)C1S(=O)(=O)c1ccc(F)c(Cl)c1. The van der Waals surface area contributed by atoms with Crippen molar-refractivity contribution in [3.8, 4) is 0 Å². The maximum absolute atomic E-state index is 13.3. The van der Waals surface area contributed by atoms with Gasteiger partial charge in [0, 0.05) is 6.04 Å². The maximum Gasteiger partial charge on any atom is 0.183 e. The van der Waals surface area contributed by atoms with Gasteiger partial charge in [0.15, 0.2) is 9.84 Å². The number of rotatable bonds is 3. The molecule has 1 aromatic carbocycles. The quantitative estimate of drug-likeness (QED) is 0.863. The second kappa shape index (κ2) is 6.23. The Kier molecular flexibility index (Phi) is 4.96. The van der Waals surface area contributed by atoms with Crippen molar-refractivity contribution < 1.29 is 12.8 Å². The van der Waals surface area contributed by atoms with Crippen LogP contribution in [0.4, 0.5) is 4.39 Å². The lowest BCUT2D eigenvalue weighted by Gasteiger charge is -2.39. The highest BCUT2D eigenvalue weighted by Gasteiger charge is 2.42. The zero-order valence-electron chi connectivity index (χ0n) is 12.4. The van der Waals surface area contributed by atoms with Gasteiger partial charge in [-0.2, -0.15) is 0 Å². The predicted molar refractivity (Wildman–Crippen MR) is 82.8 cm³/mol. The van der Waals surface area contributed by atoms with Gasteiger partial charge >= 0.3 is 0 Å². The summed E-state index contributed by atoms with van der Waals surface area (Å²) >= 11 is 5.73. The van der Waals surface area contributed by atoms with Crippen LogP contribution in [0.1, 0.15) is 26.7 Å². The van der Waals surface area contributed by atoms with Crippen molar-refractivity contribution in [3.63, 3.8) is 0 Å². The minimum atomic E-state index is -3.55. The van der Waals surface area contributed by atoms with Crippen LogP contribution in [0.25, 0.3) is 0 Å². The van der Waals surface area contributed by atoms with Gasteiger partial charge in [-0.3, -0.25) is 0 Å². The van der Waals surface area contributed by atoms with E-state index < -0.39 is 20.9 Å². The average Bonchev–Trinajstić information content (AvgIpc) is 2.40. The van der Waals surface area contributed by atoms with E-state index in [0.29, 0.717) is 5.92 Å². The van der Waals surface area contributed by atoms with Crippen molar-refractivity contribution in [1.82, 2.24) is 5.32 Å². The summed E-state index contributed by atoms with van der Waals surface area (Å²) in [7, 11) is -1.76. The first kappa shape index (κ1) is 16.7. The maximum atomic E-state index is 13.3. The van der Waals surface area contributed by atoms with Crippen molar-refractivity contribution in [2.45, 2.75) is 42.9 Å². The summed E-state index contributed by atoms with van der Waals surface area (Å²) in [6.45, 7) is 4.10. The highest BCUT2D eigenvalue weighted by Crippen LogP contribution is 2.36. The number of hydrogen-bond acceptors (Lipinski definition) is 3. The van der Waals surface area contributed by atoms with Crippen molar-refractivity contribution in [2.24, 2.45) is 11.8 Å². The molecule has 1 aromatic rings. The van der Waals surface area contributed by atoms with Gasteiger partial charge in [-0.25, -0.2) is 12.8 Å². The Morgan fingerprint density at radius 3 is 2.52 bits per heavy atom. The van der Waals surface area contributed by atoms with Crippen LogP contribution in [-0.4, -0.2) is 26.8 Å². The molecule has 0 spiro atoms. The molecule has 1 N–H and O–H groups in total. The monoisotopic (exact) mass is 333 g/mol. The number of benzene rings is 1. The highest BCUT2D eigenvalue weighted by atomic mass is 35.5. The van der Waals surface area contributed by atoms with E-state index in [1.54, 1.807) is 7.05 Å². The van der Waals surface area contributed by atoms with Crippen molar-refractivity contribution >= 4 is 21.4 Å². The lowest BCUT2D eigenvalue weighted by molar-refractivity contribution is 0.249. The topological polar surface area (TPSA) is 46.2 Å². The van der Waals surface area contributed by atoms with Crippen molar-refractivity contribution in [3.05, 3.63) is 29.0 Å². The third kappa shape index (κ3) is 3.25. The lowest BCUT2D eigenvalue weighted by Crippen LogP contribution is -2.50. The van der Waals surface area contributed by atoms with Gasteiger partial charge in [-0.1, -0.05) is 25.4 Å². The first-order valence-electron chi connectivity index (χ1n) is 7.13. The van der Waals surface area contributed by atoms with E-state index in [1.807, 2.05) is 6.92 Å². The van der Waals surface area contributed by atoms with Crippen LogP contribution < -0.4 is 5.32 Å². The average molecular weight is 334 g/mol. The van der Waals surface area contributed by atoms with Crippen molar-refractivity contribution in [1.29, 1.82) is 0 Å². The van der Waals surface area contributed by atoms with Crippen LogP contribution in [0.2, 0.25) is 5.02 Å². The Balaban J connectivity index is 2.43. The Bertz CT molecular complexity index is 620. The Hall–Kier alpha value is -0.650. The fourth-order valence-electron chi connectivity index (χ4n) is 3.44. The molecule has 6 heteroatoms. The van der Waals surface area contributed by atoms with Crippen LogP contribution in [-0.2, 0) is 9.84 Å². The molecule has 4 atom stereocenters. The number of sulfone groups is 1. The molecule has 0 amide bonds. The van der Waals surface area contributed by atoms with Crippen LogP contribution in [0.5, 0.6) is 0 Å². The number of halogens is 2. The van der Waals surface area contributed by atoms with Crippen LogP contribution in [0, 0.1) is 17.7 Å². The summed E-state index contributed by atoms with van der Waals surface area (Å²) in [6.07, 6.45) is 1.69. The summed E-state index contributed by atoms with van der Waals surface area (Å²) in [6, 6.07) is 3.52. The molecule has 118 valence electrons. The predicted octanol–water partition coefficient (Wildman–Crippen LogP) is 3.28. The van der Waals surface area contributed by atoms with Gasteiger partial charge < -0.3 is 5.32 Å². The zero-order chi connectivity index (χ0) is 15.8. The molecular weight excluding hydrogens is 313 g/mol. The van der Waals surface area contributed by atoms with E-state index in [4.69, 9.17) is 11.6 Å². The van der Waals surface area contributed by atoms with Gasteiger partial charge in [0.25, 0.3) is 0 Å². The van der Waals surface area contributed by atoms with E-state index in [9.17, 15) is 12.8 Å². The molecule has 0 heterocycles. The standard InChI is InChI=1S/C15H21ClFNO2S/c1-9-6-10(2)15(14(7-9)18-3)21(19,20)11-4-5-13(17)12(16)8-11/h4-5,8-10,14-15,18H,6-7H2,1-3H3. The fourth-order valence-corrected chi connectivity index (χ4v) is 5.95. The first-order valence-corrected chi connectivity index (χ1v) is 9.06. The number of nitrogens with one attached hydrogen (secondary N) is 1. The van der Waals surface area contributed by atoms with E-state index in [1.165, 1.54) is 12.1 Å². The van der Waals surface area contributed by atoms with E-state index >= 15 is 0 Å². The first-order chi connectivity index (χ1) is 9.77. The van der Waals surface area contributed by atoms with E-state index in [-0.39, 0.29) is 21.9 Å². The van der Waals surface area contributed by atoms with E-state index in [0.717, 1.165) is 18.9 Å². The van der Waals surface area contributed by atoms with Gasteiger partial charge in [0.05, 0.1) is 15.2 Å². The summed E-state index contributed by atoms with van der Waals surface area (Å²) < 4.78 is 39.1. The van der Waals surface area contributed by atoms with Crippen LogP contribution >= 0.6 is 11.6 Å². The van der Waals surface area contributed by atoms with Crippen LogP contribution in [0.3, 0.4) is 0 Å². The van der Waals surface area contributed by atoms with Crippen molar-refractivity contribution in [2.75, 3.05) is 7.05 Å². The molecule has 21 heavy (non-hydrogen) atoms. The third-order valence-corrected chi connectivity index (χ3v) is 7.05. The molecule has 1 fully saturated rings. The van der Waals surface area contributed by atoms with Gasteiger partial charge in [-0.05, 0) is 49.9 Å². The summed E-state index contributed by atoms with van der Waals surface area (Å²) in [5.74, 6) is -0.0770. The normalized spacial score (nSPS) is 30.3. The molecule has 0 saturated heterocycles. The van der Waals surface area contributed by atoms with Gasteiger partial charge in [0.2, 0.25) is 0 Å². The Morgan fingerprint density at radius 1 is 1.29 bits per heavy atom. The Labute approximate surface area is 130 Å². The molecule has 1 saturated carbocycles. The van der Waals surface area contributed by atoms with E-state index in [2.05, 4.69) is 12.2 Å². The second-order valence-electron chi connectivity index (χ2n) is 6.03. The largest absolute Gasteiger partial charge is 0.316 e. The number of hydrogen-bond donors (Lipinski definition) is 1. The van der Waals surface area contributed by atoms with Gasteiger partial charge in [0.1, 0.15) is 5.82 Å². The summed E-state index contributed by atoms with van der Waals surface area (Å²) in [5.41, 5.74) is 0. The minimum Gasteiger partial charge on any atom is -0.316 e. The fraction of sp³-hybridized carbons (Fsp3) is 0.600. The zero-order valence-corrected chi connectivity index (χ0v) is 14.0. The minimum absolute atomic E-state index is 0.0417. The smallest absolute Gasteiger partial charge is 0.183 e. The third-order valence-electron chi connectivity index (χ3n) is 4.34. The summed E-state index contributed by atoms with van der Waals surface area (Å²) in [4.78, 5) is 0.0977. The molecule has 0 aliphatic heterocycles. The molecule has 0 aromatic heterocycles. The molecule has 0 bridgehead atoms. The highest BCUT2D eigenvalue weighted by molar-refractivity contribution is 7.92. The molecule has 0 radical (unpaired) electrons. The molecular formula is C15H21ClFNO2S. The molecule has 3 nitrogen and oxygen atoms in total. The molecule has 1 aliphatic rings. The molecule has 2 rings (SSSR count). The second-order valence-corrected chi connectivity index (χ2v) is 8.55. The van der Waals surface area contributed by atoms with Crippen LogP contribution in [0.15, 0.2) is 23.1 Å². The lowest BCUT2D eigenvalue weighted by atomic mass is 9.80. The Morgan fingerprint density at radius 2 is 1.95 bits per heavy atom. The van der Waals surface area contributed by atoms with Gasteiger partial charge in [-0.15, -0.1) is 0 Å².